The molecule has 1 amide bonds. The van der Waals surface area contributed by atoms with E-state index >= 15 is 0 Å². The van der Waals surface area contributed by atoms with E-state index in [0.717, 1.165) is 29.7 Å². The van der Waals surface area contributed by atoms with E-state index in [1.807, 2.05) is 50.3 Å². The number of rotatable bonds is 5. The molecule has 0 aliphatic heterocycles. The molecule has 0 atom stereocenters. The zero-order valence-corrected chi connectivity index (χ0v) is 15.2. The van der Waals surface area contributed by atoms with Crippen LogP contribution in [0, 0.1) is 0 Å². The summed E-state index contributed by atoms with van der Waals surface area (Å²) in [6.45, 7) is 0.620. The topological polar surface area (TPSA) is 23.6 Å². The van der Waals surface area contributed by atoms with Gasteiger partial charge in [0, 0.05) is 38.4 Å². The standard InChI is InChI=1S/C20H23ClN2O/c1-22(2)18-9-7-15(8-10-18)14-23(3)19(24)20(11-12-20)16-5-4-6-17(21)13-16/h4-10,13H,11-12,14H2,1-3H3. The number of benzene rings is 2. The van der Waals surface area contributed by atoms with Crippen molar-refractivity contribution in [2.75, 3.05) is 26.0 Å². The van der Waals surface area contributed by atoms with E-state index in [1.165, 1.54) is 0 Å². The molecule has 1 aliphatic rings. The summed E-state index contributed by atoms with van der Waals surface area (Å²) in [5.41, 5.74) is 2.96. The molecule has 126 valence electrons. The molecule has 0 bridgehead atoms. The summed E-state index contributed by atoms with van der Waals surface area (Å²) >= 11 is 6.10. The van der Waals surface area contributed by atoms with Crippen LogP contribution >= 0.6 is 11.6 Å². The number of hydrogen-bond acceptors (Lipinski definition) is 2. The van der Waals surface area contributed by atoms with E-state index in [9.17, 15) is 4.79 Å². The van der Waals surface area contributed by atoms with Crippen LogP contribution in [-0.2, 0) is 16.8 Å². The van der Waals surface area contributed by atoms with Crippen LogP contribution in [0.2, 0.25) is 5.02 Å². The SMILES string of the molecule is CN(Cc1ccc(N(C)C)cc1)C(=O)C1(c2cccc(Cl)c2)CC1. The molecule has 2 aromatic rings. The summed E-state index contributed by atoms with van der Waals surface area (Å²) in [5.74, 6) is 0.182. The molecular weight excluding hydrogens is 320 g/mol. The minimum Gasteiger partial charge on any atom is -0.378 e. The highest BCUT2D eigenvalue weighted by atomic mass is 35.5. The van der Waals surface area contributed by atoms with Crippen LogP contribution < -0.4 is 4.90 Å². The molecule has 0 unspecified atom stereocenters. The zero-order valence-electron chi connectivity index (χ0n) is 14.4. The van der Waals surface area contributed by atoms with E-state index in [-0.39, 0.29) is 11.3 Å². The Hall–Kier alpha value is -2.00. The second kappa shape index (κ2) is 6.48. The molecule has 24 heavy (non-hydrogen) atoms. The largest absolute Gasteiger partial charge is 0.378 e. The van der Waals surface area contributed by atoms with Crippen molar-refractivity contribution in [2.24, 2.45) is 0 Å². The average molecular weight is 343 g/mol. The first-order chi connectivity index (χ1) is 11.4. The van der Waals surface area contributed by atoms with Gasteiger partial charge in [-0.25, -0.2) is 0 Å². The summed E-state index contributed by atoms with van der Waals surface area (Å²) < 4.78 is 0. The van der Waals surface area contributed by atoms with Gasteiger partial charge in [0.15, 0.2) is 0 Å². The maximum atomic E-state index is 13.0. The summed E-state index contributed by atoms with van der Waals surface area (Å²) in [4.78, 5) is 16.9. The Morgan fingerprint density at radius 3 is 2.29 bits per heavy atom. The van der Waals surface area contributed by atoms with Crippen LogP contribution in [-0.4, -0.2) is 32.0 Å². The van der Waals surface area contributed by atoms with Gasteiger partial charge >= 0.3 is 0 Å². The van der Waals surface area contributed by atoms with Crippen molar-refractivity contribution in [3.05, 3.63) is 64.7 Å². The summed E-state index contributed by atoms with van der Waals surface area (Å²) in [6, 6.07) is 16.0. The molecular formula is C20H23ClN2O. The fourth-order valence-electron chi connectivity index (χ4n) is 3.15. The van der Waals surface area contributed by atoms with E-state index in [2.05, 4.69) is 29.2 Å². The van der Waals surface area contributed by atoms with Gasteiger partial charge in [0.05, 0.1) is 5.41 Å². The summed E-state index contributed by atoms with van der Waals surface area (Å²) in [6.07, 6.45) is 1.80. The number of carbonyl (C=O) groups excluding carboxylic acids is 1. The maximum Gasteiger partial charge on any atom is 0.233 e. The van der Waals surface area contributed by atoms with Crippen molar-refractivity contribution in [2.45, 2.75) is 24.8 Å². The number of carbonyl (C=O) groups is 1. The average Bonchev–Trinajstić information content (AvgIpc) is 3.36. The van der Waals surface area contributed by atoms with E-state index in [1.54, 1.807) is 0 Å². The molecule has 1 fully saturated rings. The van der Waals surface area contributed by atoms with E-state index in [4.69, 9.17) is 11.6 Å². The Labute approximate surface area is 148 Å². The second-order valence-corrected chi connectivity index (χ2v) is 7.25. The lowest BCUT2D eigenvalue weighted by molar-refractivity contribution is -0.133. The van der Waals surface area contributed by atoms with Crippen molar-refractivity contribution in [3.63, 3.8) is 0 Å². The van der Waals surface area contributed by atoms with Crippen molar-refractivity contribution < 1.29 is 4.79 Å². The molecule has 0 spiro atoms. The van der Waals surface area contributed by atoms with Gasteiger partial charge < -0.3 is 9.80 Å². The Bertz CT molecular complexity index is 736. The molecule has 1 saturated carbocycles. The first-order valence-corrected chi connectivity index (χ1v) is 8.58. The highest BCUT2D eigenvalue weighted by molar-refractivity contribution is 6.30. The third-order valence-corrected chi connectivity index (χ3v) is 4.99. The fraction of sp³-hybridized carbons (Fsp3) is 0.350. The molecule has 0 aromatic heterocycles. The monoisotopic (exact) mass is 342 g/mol. The van der Waals surface area contributed by atoms with Gasteiger partial charge in [-0.3, -0.25) is 4.79 Å². The van der Waals surface area contributed by atoms with Crippen LogP contribution in [0.3, 0.4) is 0 Å². The van der Waals surface area contributed by atoms with Gasteiger partial charge in [0.25, 0.3) is 0 Å². The molecule has 2 aromatic carbocycles. The molecule has 0 radical (unpaired) electrons. The van der Waals surface area contributed by atoms with Crippen molar-refractivity contribution in [1.82, 2.24) is 4.90 Å². The predicted molar refractivity (Wildman–Crippen MR) is 99.6 cm³/mol. The van der Waals surface area contributed by atoms with Gasteiger partial charge in [0.1, 0.15) is 0 Å². The number of nitrogens with zero attached hydrogens (tertiary/aromatic N) is 2. The summed E-state index contributed by atoms with van der Waals surface area (Å²) in [5, 5.41) is 0.688. The highest BCUT2D eigenvalue weighted by Gasteiger charge is 2.52. The zero-order chi connectivity index (χ0) is 17.3. The van der Waals surface area contributed by atoms with E-state index < -0.39 is 0 Å². The second-order valence-electron chi connectivity index (χ2n) is 6.81. The Kier molecular flexibility index (Phi) is 4.55. The van der Waals surface area contributed by atoms with Gasteiger partial charge in [0.2, 0.25) is 5.91 Å². The van der Waals surface area contributed by atoms with Gasteiger partial charge in [-0.15, -0.1) is 0 Å². The molecule has 3 rings (SSSR count). The Balaban J connectivity index is 1.73. The van der Waals surface area contributed by atoms with Crippen molar-refractivity contribution in [3.8, 4) is 0 Å². The smallest absolute Gasteiger partial charge is 0.233 e. The number of likely N-dealkylation sites (N-methyl/N-ethyl adjacent to an activating group) is 1. The third kappa shape index (κ3) is 3.27. The lowest BCUT2D eigenvalue weighted by atomic mass is 9.94. The lowest BCUT2D eigenvalue weighted by Crippen LogP contribution is -2.36. The van der Waals surface area contributed by atoms with Gasteiger partial charge in [-0.2, -0.15) is 0 Å². The molecule has 0 heterocycles. The van der Waals surface area contributed by atoms with Crippen molar-refractivity contribution >= 4 is 23.2 Å². The molecule has 3 nitrogen and oxygen atoms in total. The Morgan fingerprint density at radius 1 is 1.08 bits per heavy atom. The molecule has 0 N–H and O–H groups in total. The maximum absolute atomic E-state index is 13.0. The fourth-order valence-corrected chi connectivity index (χ4v) is 3.34. The molecule has 0 saturated heterocycles. The van der Waals surface area contributed by atoms with Crippen molar-refractivity contribution in [1.29, 1.82) is 0 Å². The quantitative estimate of drug-likeness (QED) is 0.816. The minimum atomic E-state index is -0.372. The summed E-state index contributed by atoms with van der Waals surface area (Å²) in [7, 11) is 5.92. The first kappa shape index (κ1) is 16.8. The number of anilines is 1. The highest BCUT2D eigenvalue weighted by Crippen LogP contribution is 2.50. The van der Waals surface area contributed by atoms with Crippen LogP contribution in [0.4, 0.5) is 5.69 Å². The van der Waals surface area contributed by atoms with Gasteiger partial charge in [-0.1, -0.05) is 35.9 Å². The Morgan fingerprint density at radius 2 is 1.75 bits per heavy atom. The number of halogens is 1. The third-order valence-electron chi connectivity index (χ3n) is 4.76. The van der Waals surface area contributed by atoms with Crippen LogP contribution in [0.25, 0.3) is 0 Å². The first-order valence-electron chi connectivity index (χ1n) is 8.20. The normalized spacial score (nSPS) is 15.0. The predicted octanol–water partition coefficient (Wildman–Crippen LogP) is 4.10. The number of amides is 1. The molecule has 1 aliphatic carbocycles. The molecule has 4 heteroatoms. The minimum absolute atomic E-state index is 0.182. The lowest BCUT2D eigenvalue weighted by Gasteiger charge is -2.24. The van der Waals surface area contributed by atoms with Crippen LogP contribution in [0.15, 0.2) is 48.5 Å². The van der Waals surface area contributed by atoms with Crippen LogP contribution in [0.5, 0.6) is 0 Å². The number of hydrogen-bond donors (Lipinski definition) is 0. The van der Waals surface area contributed by atoms with Crippen LogP contribution in [0.1, 0.15) is 24.0 Å². The van der Waals surface area contributed by atoms with Gasteiger partial charge in [-0.05, 0) is 48.2 Å². The van der Waals surface area contributed by atoms with E-state index in [0.29, 0.717) is 11.6 Å².